The highest BCUT2D eigenvalue weighted by Gasteiger charge is 2.30. The topological polar surface area (TPSA) is 61.8 Å². The number of nitrogens with one attached hydrogen (secondary N) is 1. The van der Waals surface area contributed by atoms with E-state index < -0.39 is 6.04 Å². The van der Waals surface area contributed by atoms with Crippen molar-refractivity contribution < 1.29 is 14.6 Å². The molecule has 1 aliphatic rings. The first-order chi connectivity index (χ1) is 9.54. The molecule has 20 heavy (non-hydrogen) atoms. The maximum atomic E-state index is 12.2. The molecule has 1 unspecified atom stereocenters. The number of piperazine rings is 1. The highest BCUT2D eigenvalue weighted by Crippen LogP contribution is 2.29. The van der Waals surface area contributed by atoms with Crippen LogP contribution in [0.3, 0.4) is 0 Å². The predicted molar refractivity (Wildman–Crippen MR) is 76.8 cm³/mol. The van der Waals surface area contributed by atoms with Crippen molar-refractivity contribution in [3.05, 3.63) is 28.8 Å². The Kier molecular flexibility index (Phi) is 4.62. The van der Waals surface area contributed by atoms with Gasteiger partial charge in [-0.05, 0) is 30.5 Å². The molecule has 0 spiro atoms. The lowest BCUT2D eigenvalue weighted by atomic mass is 9.98. The van der Waals surface area contributed by atoms with Crippen LogP contribution >= 0.6 is 0 Å². The van der Waals surface area contributed by atoms with Crippen LogP contribution in [0.4, 0.5) is 0 Å². The van der Waals surface area contributed by atoms with Gasteiger partial charge in [0.2, 0.25) is 0 Å². The quantitative estimate of drug-likeness (QED) is 0.812. The van der Waals surface area contributed by atoms with Gasteiger partial charge in [-0.1, -0.05) is 12.1 Å². The molecule has 0 saturated carbocycles. The van der Waals surface area contributed by atoms with E-state index in [2.05, 4.69) is 10.2 Å². The summed E-state index contributed by atoms with van der Waals surface area (Å²) in [5, 5.41) is 13.2. The lowest BCUT2D eigenvalue weighted by Gasteiger charge is -2.33. The SMILES string of the molecule is COC(=O)C(c1cc(C)c(O)c(C)c1)N1CCNCC1. The molecular formula is C15H22N2O3. The summed E-state index contributed by atoms with van der Waals surface area (Å²) in [6.45, 7) is 7.03. The molecule has 1 heterocycles. The minimum atomic E-state index is -0.403. The molecule has 1 aromatic rings. The van der Waals surface area contributed by atoms with Crippen molar-refractivity contribution in [3.8, 4) is 5.75 Å². The van der Waals surface area contributed by atoms with Gasteiger partial charge in [-0.15, -0.1) is 0 Å². The Morgan fingerprint density at radius 1 is 1.30 bits per heavy atom. The second kappa shape index (κ2) is 6.24. The lowest BCUT2D eigenvalue weighted by Crippen LogP contribution is -2.47. The number of ether oxygens (including phenoxy) is 1. The number of rotatable bonds is 3. The first-order valence-corrected chi connectivity index (χ1v) is 6.87. The molecule has 1 atom stereocenters. The molecule has 2 rings (SSSR count). The molecule has 5 heteroatoms. The van der Waals surface area contributed by atoms with Crippen molar-refractivity contribution in [2.24, 2.45) is 0 Å². The number of aryl methyl sites for hydroxylation is 2. The van der Waals surface area contributed by atoms with Crippen LogP contribution in [0.15, 0.2) is 12.1 Å². The number of hydrogen-bond donors (Lipinski definition) is 2. The summed E-state index contributed by atoms with van der Waals surface area (Å²) in [5.74, 6) is 0.0362. The van der Waals surface area contributed by atoms with E-state index in [0.717, 1.165) is 42.9 Å². The number of methoxy groups -OCH3 is 1. The average Bonchev–Trinajstić information content (AvgIpc) is 2.46. The van der Waals surface area contributed by atoms with Gasteiger partial charge in [0, 0.05) is 26.2 Å². The van der Waals surface area contributed by atoms with Crippen LogP contribution in [-0.4, -0.2) is 49.3 Å². The third-order valence-corrected chi connectivity index (χ3v) is 3.77. The van der Waals surface area contributed by atoms with E-state index >= 15 is 0 Å². The summed E-state index contributed by atoms with van der Waals surface area (Å²) < 4.78 is 4.97. The Morgan fingerprint density at radius 3 is 2.35 bits per heavy atom. The van der Waals surface area contributed by atoms with Crippen molar-refractivity contribution in [1.29, 1.82) is 0 Å². The van der Waals surface area contributed by atoms with Gasteiger partial charge in [0.25, 0.3) is 0 Å². The van der Waals surface area contributed by atoms with E-state index in [4.69, 9.17) is 4.74 Å². The molecule has 0 bridgehead atoms. The van der Waals surface area contributed by atoms with E-state index in [0.29, 0.717) is 0 Å². The lowest BCUT2D eigenvalue weighted by molar-refractivity contribution is -0.147. The molecule has 1 aromatic carbocycles. The van der Waals surface area contributed by atoms with E-state index in [-0.39, 0.29) is 11.7 Å². The largest absolute Gasteiger partial charge is 0.507 e. The summed E-state index contributed by atoms with van der Waals surface area (Å²) in [6, 6.07) is 3.33. The van der Waals surface area contributed by atoms with Crippen molar-refractivity contribution >= 4 is 5.97 Å². The number of benzene rings is 1. The highest BCUT2D eigenvalue weighted by molar-refractivity contribution is 5.78. The van der Waals surface area contributed by atoms with Crippen molar-refractivity contribution in [2.45, 2.75) is 19.9 Å². The number of esters is 1. The molecular weight excluding hydrogens is 256 g/mol. The minimum absolute atomic E-state index is 0.253. The molecule has 0 aliphatic carbocycles. The number of carbonyl (C=O) groups excluding carboxylic acids is 1. The molecule has 5 nitrogen and oxygen atoms in total. The standard InChI is InChI=1S/C15H22N2O3/c1-10-8-12(9-11(2)14(10)18)13(15(19)20-3)17-6-4-16-5-7-17/h8-9,13,16,18H,4-7H2,1-3H3. The van der Waals surface area contributed by atoms with E-state index in [1.54, 1.807) is 0 Å². The second-order valence-electron chi connectivity index (χ2n) is 5.21. The molecule has 1 fully saturated rings. The Bertz CT molecular complexity index is 473. The summed E-state index contributed by atoms with van der Waals surface area (Å²) in [7, 11) is 1.41. The van der Waals surface area contributed by atoms with Gasteiger partial charge in [0.1, 0.15) is 11.8 Å². The summed E-state index contributed by atoms with van der Waals surface area (Å²) in [5.41, 5.74) is 2.44. The normalized spacial score (nSPS) is 17.8. The zero-order valence-corrected chi connectivity index (χ0v) is 12.3. The molecule has 2 N–H and O–H groups in total. The fourth-order valence-corrected chi connectivity index (χ4v) is 2.70. The van der Waals surface area contributed by atoms with Gasteiger partial charge < -0.3 is 15.2 Å². The van der Waals surface area contributed by atoms with Crippen molar-refractivity contribution in [2.75, 3.05) is 33.3 Å². The summed E-state index contributed by atoms with van der Waals surface area (Å²) in [6.07, 6.45) is 0. The first kappa shape index (κ1) is 14.8. The molecule has 0 amide bonds. The van der Waals surface area contributed by atoms with Gasteiger partial charge in [0.05, 0.1) is 7.11 Å². The first-order valence-electron chi connectivity index (χ1n) is 6.87. The van der Waals surface area contributed by atoms with Crippen molar-refractivity contribution in [3.63, 3.8) is 0 Å². The number of aromatic hydroxyl groups is 1. The third kappa shape index (κ3) is 2.94. The Labute approximate surface area is 119 Å². The zero-order chi connectivity index (χ0) is 14.7. The van der Waals surface area contributed by atoms with Crippen LogP contribution in [0.25, 0.3) is 0 Å². The van der Waals surface area contributed by atoms with Gasteiger partial charge in [-0.3, -0.25) is 4.90 Å². The van der Waals surface area contributed by atoms with Crippen LogP contribution in [0, 0.1) is 13.8 Å². The van der Waals surface area contributed by atoms with Crippen LogP contribution in [0.2, 0.25) is 0 Å². The fourth-order valence-electron chi connectivity index (χ4n) is 2.70. The smallest absolute Gasteiger partial charge is 0.327 e. The van der Waals surface area contributed by atoms with Gasteiger partial charge in [0.15, 0.2) is 0 Å². The Morgan fingerprint density at radius 2 is 1.85 bits per heavy atom. The number of phenols is 1. The average molecular weight is 278 g/mol. The highest BCUT2D eigenvalue weighted by atomic mass is 16.5. The molecule has 0 radical (unpaired) electrons. The molecule has 1 aliphatic heterocycles. The number of nitrogens with zero attached hydrogens (tertiary/aromatic N) is 1. The van der Waals surface area contributed by atoms with Crippen LogP contribution < -0.4 is 5.32 Å². The minimum Gasteiger partial charge on any atom is -0.507 e. The second-order valence-corrected chi connectivity index (χ2v) is 5.21. The fraction of sp³-hybridized carbons (Fsp3) is 0.533. The maximum Gasteiger partial charge on any atom is 0.327 e. The molecule has 1 saturated heterocycles. The number of carbonyl (C=O) groups is 1. The Hall–Kier alpha value is -1.59. The van der Waals surface area contributed by atoms with Crippen LogP contribution in [0.5, 0.6) is 5.75 Å². The Balaban J connectivity index is 2.37. The van der Waals surface area contributed by atoms with E-state index in [1.165, 1.54) is 7.11 Å². The van der Waals surface area contributed by atoms with Crippen LogP contribution in [-0.2, 0) is 9.53 Å². The third-order valence-electron chi connectivity index (χ3n) is 3.77. The monoisotopic (exact) mass is 278 g/mol. The van der Waals surface area contributed by atoms with Gasteiger partial charge in [-0.25, -0.2) is 4.79 Å². The van der Waals surface area contributed by atoms with E-state index in [9.17, 15) is 9.90 Å². The van der Waals surface area contributed by atoms with Crippen molar-refractivity contribution in [1.82, 2.24) is 10.2 Å². The maximum absolute atomic E-state index is 12.2. The van der Waals surface area contributed by atoms with Crippen LogP contribution in [0.1, 0.15) is 22.7 Å². The number of hydrogen-bond acceptors (Lipinski definition) is 5. The zero-order valence-electron chi connectivity index (χ0n) is 12.3. The predicted octanol–water partition coefficient (Wildman–Crippen LogP) is 1.13. The van der Waals surface area contributed by atoms with E-state index in [1.807, 2.05) is 26.0 Å². The summed E-state index contributed by atoms with van der Waals surface area (Å²) in [4.78, 5) is 14.3. The summed E-state index contributed by atoms with van der Waals surface area (Å²) >= 11 is 0. The molecule has 110 valence electrons. The van der Waals surface area contributed by atoms with Gasteiger partial charge in [-0.2, -0.15) is 0 Å². The molecule has 0 aromatic heterocycles. The number of phenolic OH excluding ortho intramolecular Hbond substituents is 1. The van der Waals surface area contributed by atoms with Gasteiger partial charge >= 0.3 is 5.97 Å².